The van der Waals surface area contributed by atoms with Crippen LogP contribution < -0.4 is 5.32 Å². The van der Waals surface area contributed by atoms with Crippen LogP contribution >= 0.6 is 0 Å². The monoisotopic (exact) mass is 280 g/mol. The summed E-state index contributed by atoms with van der Waals surface area (Å²) in [6, 6.07) is 0.579. The molecule has 0 aromatic carbocycles. The van der Waals surface area contributed by atoms with E-state index in [1.807, 2.05) is 0 Å². The van der Waals surface area contributed by atoms with Gasteiger partial charge >= 0.3 is 0 Å². The standard InChI is InChI=1S/C13H24N6O/c1-17(2)12-4-7-18(8-12)9-13(20)15-5-3-6-19-11-14-10-16-19/h10-12H,3-9H2,1-2H3,(H,15,20)/t12-/m0/s1. The molecule has 1 saturated heterocycles. The highest BCUT2D eigenvalue weighted by atomic mass is 16.2. The summed E-state index contributed by atoms with van der Waals surface area (Å²) in [5, 5.41) is 6.98. The number of aryl methyl sites for hydroxylation is 1. The predicted octanol–water partition coefficient (Wildman–Crippen LogP) is -0.580. The molecule has 1 aromatic rings. The summed E-state index contributed by atoms with van der Waals surface area (Å²) < 4.78 is 1.77. The fourth-order valence-electron chi connectivity index (χ4n) is 2.45. The molecule has 0 saturated carbocycles. The van der Waals surface area contributed by atoms with Gasteiger partial charge in [-0.3, -0.25) is 14.4 Å². The maximum Gasteiger partial charge on any atom is 0.234 e. The quantitative estimate of drug-likeness (QED) is 0.677. The Balaban J connectivity index is 1.57. The van der Waals surface area contributed by atoms with Crippen molar-refractivity contribution < 1.29 is 4.79 Å². The Morgan fingerprint density at radius 1 is 1.50 bits per heavy atom. The molecule has 0 unspecified atom stereocenters. The highest BCUT2D eigenvalue weighted by Crippen LogP contribution is 2.12. The zero-order valence-corrected chi connectivity index (χ0v) is 12.3. The van der Waals surface area contributed by atoms with Gasteiger partial charge in [-0.2, -0.15) is 5.10 Å². The summed E-state index contributed by atoms with van der Waals surface area (Å²) in [5.74, 6) is 0.114. The first-order valence-electron chi connectivity index (χ1n) is 7.13. The van der Waals surface area contributed by atoms with Gasteiger partial charge in [-0.05, 0) is 26.9 Å². The number of aromatic nitrogens is 3. The molecule has 0 spiro atoms. The Hall–Kier alpha value is -1.47. The number of carbonyl (C=O) groups excluding carboxylic acids is 1. The predicted molar refractivity (Wildman–Crippen MR) is 76.2 cm³/mol. The summed E-state index contributed by atoms with van der Waals surface area (Å²) in [7, 11) is 4.19. The molecule has 1 amide bonds. The maximum absolute atomic E-state index is 11.8. The van der Waals surface area contributed by atoms with Gasteiger partial charge in [-0.25, -0.2) is 4.98 Å². The second-order valence-electron chi connectivity index (χ2n) is 5.50. The van der Waals surface area contributed by atoms with E-state index >= 15 is 0 Å². The molecule has 0 radical (unpaired) electrons. The Morgan fingerprint density at radius 3 is 3.00 bits per heavy atom. The van der Waals surface area contributed by atoms with Crippen LogP contribution in [0.3, 0.4) is 0 Å². The maximum atomic E-state index is 11.8. The van der Waals surface area contributed by atoms with Crippen molar-refractivity contribution in [2.75, 3.05) is 40.3 Å². The Labute approximate surface area is 119 Å². The smallest absolute Gasteiger partial charge is 0.234 e. The zero-order valence-electron chi connectivity index (χ0n) is 12.3. The largest absolute Gasteiger partial charge is 0.355 e. The molecule has 1 N–H and O–H groups in total. The van der Waals surface area contributed by atoms with Crippen LogP contribution in [0.1, 0.15) is 12.8 Å². The Bertz CT molecular complexity index is 405. The number of carbonyl (C=O) groups is 1. The Morgan fingerprint density at radius 2 is 2.35 bits per heavy atom. The molecule has 7 heteroatoms. The fraction of sp³-hybridized carbons (Fsp3) is 0.769. The van der Waals surface area contributed by atoms with Crippen LogP contribution in [-0.2, 0) is 11.3 Å². The molecule has 0 bridgehead atoms. The molecular formula is C13H24N6O. The summed E-state index contributed by atoms with van der Waals surface area (Å²) >= 11 is 0. The number of likely N-dealkylation sites (tertiary alicyclic amines) is 1. The number of likely N-dealkylation sites (N-methyl/N-ethyl adjacent to an activating group) is 1. The van der Waals surface area contributed by atoms with Crippen molar-refractivity contribution in [1.29, 1.82) is 0 Å². The van der Waals surface area contributed by atoms with Crippen molar-refractivity contribution in [2.45, 2.75) is 25.4 Å². The minimum absolute atomic E-state index is 0.114. The van der Waals surface area contributed by atoms with E-state index in [2.05, 4.69) is 39.3 Å². The highest BCUT2D eigenvalue weighted by molar-refractivity contribution is 5.78. The average molecular weight is 280 g/mol. The first kappa shape index (κ1) is 14.9. The third-order valence-corrected chi connectivity index (χ3v) is 3.70. The first-order valence-corrected chi connectivity index (χ1v) is 7.13. The topological polar surface area (TPSA) is 66.3 Å². The zero-order chi connectivity index (χ0) is 14.4. The molecule has 7 nitrogen and oxygen atoms in total. The van der Waals surface area contributed by atoms with Crippen LogP contribution in [0.4, 0.5) is 0 Å². The van der Waals surface area contributed by atoms with E-state index in [0.717, 1.165) is 32.5 Å². The normalized spacial score (nSPS) is 19.6. The van der Waals surface area contributed by atoms with E-state index in [1.54, 1.807) is 11.0 Å². The van der Waals surface area contributed by atoms with Gasteiger partial charge in [0.25, 0.3) is 0 Å². The van der Waals surface area contributed by atoms with Crippen molar-refractivity contribution in [3.8, 4) is 0 Å². The molecule has 1 aromatic heterocycles. The van der Waals surface area contributed by atoms with Gasteiger partial charge in [-0.15, -0.1) is 0 Å². The van der Waals surface area contributed by atoms with Crippen molar-refractivity contribution in [1.82, 2.24) is 29.9 Å². The molecular weight excluding hydrogens is 256 g/mol. The summed E-state index contributed by atoms with van der Waals surface area (Å²) in [4.78, 5) is 20.2. The number of rotatable bonds is 7. The molecule has 1 aliphatic heterocycles. The molecule has 1 atom stereocenters. The summed E-state index contributed by atoms with van der Waals surface area (Å²) in [5.41, 5.74) is 0. The van der Waals surface area contributed by atoms with E-state index in [9.17, 15) is 4.79 Å². The van der Waals surface area contributed by atoms with Gasteiger partial charge < -0.3 is 10.2 Å². The van der Waals surface area contributed by atoms with Crippen LogP contribution in [0.15, 0.2) is 12.7 Å². The molecule has 2 heterocycles. The number of amides is 1. The van der Waals surface area contributed by atoms with Crippen LogP contribution in [0.5, 0.6) is 0 Å². The lowest BCUT2D eigenvalue weighted by atomic mass is 10.2. The summed E-state index contributed by atoms with van der Waals surface area (Å²) in [6.45, 7) is 3.97. The second-order valence-corrected chi connectivity index (χ2v) is 5.50. The molecule has 2 rings (SSSR count). The van der Waals surface area contributed by atoms with E-state index in [4.69, 9.17) is 0 Å². The minimum Gasteiger partial charge on any atom is -0.355 e. The summed E-state index contributed by atoms with van der Waals surface area (Å²) in [6.07, 6.45) is 5.22. The molecule has 0 aliphatic carbocycles. The van der Waals surface area contributed by atoms with E-state index in [0.29, 0.717) is 19.1 Å². The number of nitrogens with one attached hydrogen (secondary N) is 1. The van der Waals surface area contributed by atoms with Gasteiger partial charge in [-0.1, -0.05) is 0 Å². The van der Waals surface area contributed by atoms with Crippen molar-refractivity contribution in [3.05, 3.63) is 12.7 Å². The molecule has 20 heavy (non-hydrogen) atoms. The van der Waals surface area contributed by atoms with Gasteiger partial charge in [0.05, 0.1) is 6.54 Å². The lowest BCUT2D eigenvalue weighted by molar-refractivity contribution is -0.122. The van der Waals surface area contributed by atoms with E-state index < -0.39 is 0 Å². The van der Waals surface area contributed by atoms with Gasteiger partial charge in [0, 0.05) is 32.2 Å². The van der Waals surface area contributed by atoms with Crippen molar-refractivity contribution in [2.24, 2.45) is 0 Å². The number of hydrogen-bond acceptors (Lipinski definition) is 5. The van der Waals surface area contributed by atoms with Gasteiger partial charge in [0.2, 0.25) is 5.91 Å². The van der Waals surface area contributed by atoms with Crippen LogP contribution in [0.2, 0.25) is 0 Å². The lowest BCUT2D eigenvalue weighted by Gasteiger charge is -2.20. The molecule has 1 fully saturated rings. The fourth-order valence-corrected chi connectivity index (χ4v) is 2.45. The second kappa shape index (κ2) is 7.35. The SMILES string of the molecule is CN(C)[C@H]1CCN(CC(=O)NCCCn2cncn2)C1. The number of nitrogens with zero attached hydrogens (tertiary/aromatic N) is 5. The van der Waals surface area contributed by atoms with Crippen LogP contribution in [0, 0.1) is 0 Å². The number of hydrogen-bond donors (Lipinski definition) is 1. The third kappa shape index (κ3) is 4.57. The third-order valence-electron chi connectivity index (χ3n) is 3.70. The van der Waals surface area contributed by atoms with Crippen molar-refractivity contribution in [3.63, 3.8) is 0 Å². The highest BCUT2D eigenvalue weighted by Gasteiger charge is 2.24. The van der Waals surface area contributed by atoms with Gasteiger partial charge in [0.1, 0.15) is 12.7 Å². The average Bonchev–Trinajstić information content (AvgIpc) is 3.05. The van der Waals surface area contributed by atoms with Crippen LogP contribution in [0.25, 0.3) is 0 Å². The van der Waals surface area contributed by atoms with Gasteiger partial charge in [0.15, 0.2) is 0 Å². The van der Waals surface area contributed by atoms with E-state index in [1.165, 1.54) is 6.33 Å². The molecule has 112 valence electrons. The van der Waals surface area contributed by atoms with Crippen LogP contribution in [-0.4, -0.2) is 76.8 Å². The first-order chi connectivity index (χ1) is 9.65. The molecule has 1 aliphatic rings. The lowest BCUT2D eigenvalue weighted by Crippen LogP contribution is -2.38. The Kier molecular flexibility index (Phi) is 5.49. The van der Waals surface area contributed by atoms with Crippen molar-refractivity contribution >= 4 is 5.91 Å². The van der Waals surface area contributed by atoms with E-state index in [-0.39, 0.29) is 5.91 Å². The minimum atomic E-state index is 0.114.